The number of carbonyl (C=O) groups is 2. The molecule has 0 saturated carbocycles. The molecule has 0 atom stereocenters. The van der Waals surface area contributed by atoms with Gasteiger partial charge in [0.2, 0.25) is 0 Å². The van der Waals surface area contributed by atoms with E-state index in [0.717, 1.165) is 33.7 Å². The standard InChI is InChI=1S/C29H34N8O3/c1-3-35(11-9-30)29(39)34-24-6-4-5-23(20(24)2)22-17-25(27-31-10-12-37(27)19-22)33-26-8-7-21(18-32-26)28(38)36-13-15-40-16-14-36/h4-8,10,12,17-19H,3,9,11,13-16,30H2,1-2H3,(H,32,33)(H,34,39). The number of urea groups is 1. The number of aromatic nitrogens is 3. The second-order valence-electron chi connectivity index (χ2n) is 9.54. The van der Waals surface area contributed by atoms with E-state index in [9.17, 15) is 9.59 Å². The van der Waals surface area contributed by atoms with Crippen LogP contribution in [-0.4, -0.2) is 82.0 Å². The van der Waals surface area contributed by atoms with E-state index in [2.05, 4.69) is 20.6 Å². The van der Waals surface area contributed by atoms with Crippen LogP contribution in [0.3, 0.4) is 0 Å². The second kappa shape index (κ2) is 12.1. The predicted molar refractivity (Wildman–Crippen MR) is 155 cm³/mol. The van der Waals surface area contributed by atoms with E-state index in [4.69, 9.17) is 10.5 Å². The first-order valence-electron chi connectivity index (χ1n) is 13.4. The molecule has 3 aromatic heterocycles. The van der Waals surface area contributed by atoms with Gasteiger partial charge in [0, 0.05) is 68.8 Å². The molecule has 1 saturated heterocycles. The first-order valence-corrected chi connectivity index (χ1v) is 13.4. The number of nitrogens with two attached hydrogens (primary N) is 1. The maximum absolute atomic E-state index is 12.8. The minimum atomic E-state index is -0.178. The van der Waals surface area contributed by atoms with Crippen LogP contribution in [0.4, 0.5) is 22.0 Å². The average molecular weight is 543 g/mol. The molecule has 0 spiro atoms. The molecule has 40 heavy (non-hydrogen) atoms. The summed E-state index contributed by atoms with van der Waals surface area (Å²) in [6, 6.07) is 11.2. The molecule has 5 rings (SSSR count). The summed E-state index contributed by atoms with van der Waals surface area (Å²) in [6.07, 6.45) is 7.22. The monoisotopic (exact) mass is 542 g/mol. The summed E-state index contributed by atoms with van der Waals surface area (Å²) in [4.78, 5) is 38.0. The van der Waals surface area contributed by atoms with Gasteiger partial charge in [0.15, 0.2) is 5.65 Å². The van der Waals surface area contributed by atoms with Crippen LogP contribution in [0.5, 0.6) is 0 Å². The Morgan fingerprint density at radius 1 is 1.12 bits per heavy atom. The fourth-order valence-electron chi connectivity index (χ4n) is 4.79. The van der Waals surface area contributed by atoms with Crippen molar-refractivity contribution in [2.75, 3.05) is 56.6 Å². The number of likely N-dealkylation sites (N-methyl/N-ethyl adjacent to an activating group) is 1. The van der Waals surface area contributed by atoms with Crippen molar-refractivity contribution < 1.29 is 14.3 Å². The molecular weight excluding hydrogens is 508 g/mol. The quantitative estimate of drug-likeness (QED) is 0.309. The van der Waals surface area contributed by atoms with E-state index >= 15 is 0 Å². The molecule has 208 valence electrons. The predicted octanol–water partition coefficient (Wildman–Crippen LogP) is 3.73. The maximum Gasteiger partial charge on any atom is 0.321 e. The number of benzene rings is 1. The zero-order valence-electron chi connectivity index (χ0n) is 22.8. The lowest BCUT2D eigenvalue weighted by Crippen LogP contribution is -2.40. The zero-order chi connectivity index (χ0) is 28.1. The van der Waals surface area contributed by atoms with Crippen molar-refractivity contribution in [2.24, 2.45) is 5.73 Å². The van der Waals surface area contributed by atoms with Crippen molar-refractivity contribution in [2.45, 2.75) is 13.8 Å². The Labute approximate surface area is 233 Å². The maximum atomic E-state index is 12.8. The smallest absolute Gasteiger partial charge is 0.321 e. The number of hydrogen-bond acceptors (Lipinski definition) is 7. The molecule has 1 aromatic carbocycles. The highest BCUT2D eigenvalue weighted by atomic mass is 16.5. The molecule has 3 amide bonds. The number of imidazole rings is 1. The molecule has 1 fully saturated rings. The summed E-state index contributed by atoms with van der Waals surface area (Å²) in [7, 11) is 0. The van der Waals surface area contributed by atoms with E-state index in [-0.39, 0.29) is 11.9 Å². The fourth-order valence-corrected chi connectivity index (χ4v) is 4.79. The largest absolute Gasteiger partial charge is 0.378 e. The van der Waals surface area contributed by atoms with Crippen LogP contribution in [0.15, 0.2) is 61.2 Å². The molecule has 1 aliphatic rings. The molecule has 0 bridgehead atoms. The Hall–Kier alpha value is -4.48. The Bertz CT molecular complexity index is 1500. The van der Waals surface area contributed by atoms with Crippen LogP contribution in [0, 0.1) is 6.92 Å². The second-order valence-corrected chi connectivity index (χ2v) is 9.54. The van der Waals surface area contributed by atoms with Gasteiger partial charge in [0.1, 0.15) is 5.82 Å². The van der Waals surface area contributed by atoms with Crippen molar-refractivity contribution in [1.29, 1.82) is 0 Å². The van der Waals surface area contributed by atoms with Crippen LogP contribution >= 0.6 is 0 Å². The number of rotatable bonds is 8. The summed E-state index contributed by atoms with van der Waals surface area (Å²) < 4.78 is 7.29. The third-order valence-electron chi connectivity index (χ3n) is 7.01. The first kappa shape index (κ1) is 27.1. The van der Waals surface area contributed by atoms with E-state index in [1.165, 1.54) is 0 Å². The van der Waals surface area contributed by atoms with Crippen molar-refractivity contribution in [3.05, 3.63) is 72.3 Å². The van der Waals surface area contributed by atoms with Crippen LogP contribution in [-0.2, 0) is 4.74 Å². The van der Waals surface area contributed by atoms with Crippen LogP contribution in [0.1, 0.15) is 22.8 Å². The number of anilines is 3. The van der Waals surface area contributed by atoms with Gasteiger partial charge in [0.05, 0.1) is 24.5 Å². The lowest BCUT2D eigenvalue weighted by Gasteiger charge is -2.26. The van der Waals surface area contributed by atoms with Gasteiger partial charge in [0.25, 0.3) is 5.91 Å². The summed E-state index contributed by atoms with van der Waals surface area (Å²) in [6.45, 7) is 7.65. The molecule has 0 aliphatic carbocycles. The third-order valence-corrected chi connectivity index (χ3v) is 7.01. The van der Waals surface area contributed by atoms with Crippen molar-refractivity contribution in [1.82, 2.24) is 24.2 Å². The first-order chi connectivity index (χ1) is 19.5. The minimum absolute atomic E-state index is 0.0486. The number of nitrogens with one attached hydrogen (secondary N) is 2. The fraction of sp³-hybridized carbons (Fsp3) is 0.310. The van der Waals surface area contributed by atoms with Crippen LogP contribution in [0.25, 0.3) is 16.8 Å². The van der Waals surface area contributed by atoms with Gasteiger partial charge < -0.3 is 35.3 Å². The third kappa shape index (κ3) is 5.75. The number of carbonyl (C=O) groups excluding carboxylic acids is 2. The lowest BCUT2D eigenvalue weighted by molar-refractivity contribution is 0.0302. The number of morpholine rings is 1. The summed E-state index contributed by atoms with van der Waals surface area (Å²) in [5.41, 5.74) is 11.3. The Morgan fingerprint density at radius 2 is 1.95 bits per heavy atom. The molecular formula is C29H34N8O3. The highest BCUT2D eigenvalue weighted by molar-refractivity contribution is 5.94. The van der Waals surface area contributed by atoms with Crippen molar-refractivity contribution >= 4 is 34.8 Å². The molecule has 4 aromatic rings. The summed E-state index contributed by atoms with van der Waals surface area (Å²) in [5.74, 6) is 0.547. The Balaban J connectivity index is 1.40. The number of amides is 3. The van der Waals surface area contributed by atoms with Gasteiger partial charge in [-0.15, -0.1) is 0 Å². The van der Waals surface area contributed by atoms with Gasteiger partial charge in [-0.25, -0.2) is 14.8 Å². The summed E-state index contributed by atoms with van der Waals surface area (Å²) in [5, 5.41) is 6.39. The Kier molecular flexibility index (Phi) is 8.23. The van der Waals surface area contributed by atoms with Crippen LogP contribution in [0.2, 0.25) is 0 Å². The molecule has 0 unspecified atom stereocenters. The van der Waals surface area contributed by atoms with Gasteiger partial charge in [-0.05, 0) is 49.2 Å². The minimum Gasteiger partial charge on any atom is -0.378 e. The summed E-state index contributed by atoms with van der Waals surface area (Å²) >= 11 is 0. The molecule has 4 N–H and O–H groups in total. The molecule has 11 nitrogen and oxygen atoms in total. The number of hydrogen-bond donors (Lipinski definition) is 3. The van der Waals surface area contributed by atoms with Gasteiger partial charge in [-0.2, -0.15) is 0 Å². The number of pyridine rings is 2. The molecule has 11 heteroatoms. The van der Waals surface area contributed by atoms with Crippen LogP contribution < -0.4 is 16.4 Å². The molecule has 1 aliphatic heterocycles. The molecule has 0 radical (unpaired) electrons. The molecule has 4 heterocycles. The number of ether oxygens (including phenoxy) is 1. The highest BCUT2D eigenvalue weighted by Gasteiger charge is 2.19. The van der Waals surface area contributed by atoms with Gasteiger partial charge in [-0.1, -0.05) is 12.1 Å². The lowest BCUT2D eigenvalue weighted by atomic mass is 10.00. The Morgan fingerprint density at radius 3 is 2.67 bits per heavy atom. The van der Waals surface area contributed by atoms with Crippen molar-refractivity contribution in [3.8, 4) is 11.1 Å². The van der Waals surface area contributed by atoms with E-state index in [1.54, 1.807) is 34.3 Å². The van der Waals surface area contributed by atoms with Crippen molar-refractivity contribution in [3.63, 3.8) is 0 Å². The van der Waals surface area contributed by atoms with Gasteiger partial charge >= 0.3 is 6.03 Å². The highest BCUT2D eigenvalue weighted by Crippen LogP contribution is 2.32. The zero-order valence-corrected chi connectivity index (χ0v) is 22.8. The van der Waals surface area contributed by atoms with Gasteiger partial charge in [-0.3, -0.25) is 4.79 Å². The van der Waals surface area contributed by atoms with E-state index in [1.807, 2.05) is 54.9 Å². The number of fused-ring (bicyclic) bond motifs is 1. The van der Waals surface area contributed by atoms with E-state index < -0.39 is 0 Å². The SMILES string of the molecule is CCN(CCN)C(=O)Nc1cccc(-c2cc(Nc3ccc(C(=O)N4CCOCC4)cn3)c3nccn3c2)c1C. The normalized spacial score (nSPS) is 13.3. The van der Waals surface area contributed by atoms with E-state index in [0.29, 0.717) is 57.3 Å². The topological polar surface area (TPSA) is 130 Å². The average Bonchev–Trinajstić information content (AvgIpc) is 3.46. The number of nitrogens with zero attached hydrogens (tertiary/aromatic N) is 5.